The van der Waals surface area contributed by atoms with Crippen molar-refractivity contribution in [1.82, 2.24) is 0 Å². The first-order valence-corrected chi connectivity index (χ1v) is 1.40. The van der Waals surface area contributed by atoms with Crippen molar-refractivity contribution in [2.24, 2.45) is 0 Å². The van der Waals surface area contributed by atoms with Crippen molar-refractivity contribution in [2.75, 3.05) is 6.67 Å². The van der Waals surface area contributed by atoms with Gasteiger partial charge in [0.2, 0.25) is 0 Å². The minimum atomic E-state index is -0.737. The topological polar surface area (TPSA) is 17.1 Å². The van der Waals surface area contributed by atoms with Gasteiger partial charge in [-0.2, -0.15) is 0 Å². The first-order chi connectivity index (χ1) is 2.91. The molecule has 0 spiro atoms. The maximum Gasteiger partial charge on any atom is 0.192 e. The van der Waals surface area contributed by atoms with E-state index >= 15 is 0 Å². The zero-order valence-electron chi connectivity index (χ0n) is 3.07. The van der Waals surface area contributed by atoms with Crippen LogP contribution in [0.5, 0.6) is 0 Å². The molecule has 0 bridgehead atoms. The number of hydrogen-bond acceptors (Lipinski definition) is 1. The molecular formula is C4H3FO. The van der Waals surface area contributed by atoms with Crippen LogP contribution < -0.4 is 0 Å². The van der Waals surface area contributed by atoms with E-state index in [2.05, 4.69) is 0 Å². The molecule has 0 aliphatic carbocycles. The van der Waals surface area contributed by atoms with E-state index in [-0.39, 0.29) is 0 Å². The summed E-state index contributed by atoms with van der Waals surface area (Å²) < 4.78 is 10.8. The lowest BCUT2D eigenvalue weighted by molar-refractivity contribution is -0.103. The highest BCUT2D eigenvalue weighted by atomic mass is 18.2. The van der Waals surface area contributed by atoms with Crippen molar-refractivity contribution in [2.45, 2.75) is 0 Å². The number of hydrogen-bond donors (Lipinski definition) is 0. The van der Waals surface area contributed by atoms with E-state index in [4.69, 9.17) is 0 Å². The molecule has 0 aromatic carbocycles. The van der Waals surface area contributed by atoms with Gasteiger partial charge < -0.3 is 0 Å². The Balaban J connectivity index is 3.13. The van der Waals surface area contributed by atoms with Gasteiger partial charge in [0, 0.05) is 0 Å². The van der Waals surface area contributed by atoms with Gasteiger partial charge in [0.05, 0.1) is 0 Å². The maximum absolute atomic E-state index is 10.8. The average molecular weight is 85.1 g/mol. The van der Waals surface area contributed by atoms with Crippen LogP contribution in [-0.4, -0.2) is 13.0 Å². The summed E-state index contributed by atoms with van der Waals surface area (Å²) in [6.45, 7) is -0.737. The third kappa shape index (κ3) is 3.16. The smallest absolute Gasteiger partial charge is 0.192 e. The van der Waals surface area contributed by atoms with Crippen LogP contribution in [0.25, 0.3) is 0 Å². The zero-order chi connectivity index (χ0) is 4.83. The van der Waals surface area contributed by atoms with Crippen LogP contribution in [0.15, 0.2) is 0 Å². The molecule has 0 saturated heterocycles. The van der Waals surface area contributed by atoms with E-state index in [0.29, 0.717) is 6.29 Å². The summed E-state index contributed by atoms with van der Waals surface area (Å²) >= 11 is 0. The third-order valence-corrected chi connectivity index (χ3v) is 0.228. The first kappa shape index (κ1) is 5.16. The molecule has 0 fully saturated rings. The van der Waals surface area contributed by atoms with Gasteiger partial charge in [-0.05, 0) is 5.92 Å². The quantitative estimate of drug-likeness (QED) is 0.302. The Labute approximate surface area is 35.2 Å². The number of aldehydes is 1. The molecule has 0 aliphatic rings. The highest BCUT2D eigenvalue weighted by Gasteiger charge is 1.57. The summed E-state index contributed by atoms with van der Waals surface area (Å²) in [7, 11) is 0. The lowest BCUT2D eigenvalue weighted by Gasteiger charge is -1.55. The Morgan fingerprint density at radius 1 is 1.83 bits per heavy atom. The van der Waals surface area contributed by atoms with Crippen LogP contribution in [0.4, 0.5) is 4.39 Å². The SMILES string of the molecule is O=CC#CC[18F]. The zero-order valence-corrected chi connectivity index (χ0v) is 3.07. The molecule has 32 valence electrons. The van der Waals surface area contributed by atoms with Crippen LogP contribution >= 0.6 is 0 Å². The second-order valence-electron chi connectivity index (χ2n) is 0.573. The van der Waals surface area contributed by atoms with Gasteiger partial charge in [-0.1, -0.05) is 5.92 Å². The Morgan fingerprint density at radius 3 is 2.67 bits per heavy atom. The van der Waals surface area contributed by atoms with E-state index in [1.165, 1.54) is 0 Å². The molecule has 0 aliphatic heterocycles. The predicted octanol–water partition coefficient (Wildman–Crippen LogP) is 0.158. The highest BCUT2D eigenvalue weighted by molar-refractivity contribution is 5.72. The number of carbonyl (C=O) groups excluding carboxylic acids is 1. The van der Waals surface area contributed by atoms with Gasteiger partial charge >= 0.3 is 0 Å². The molecule has 0 unspecified atom stereocenters. The molecule has 0 rings (SSSR count). The first-order valence-electron chi connectivity index (χ1n) is 1.40. The summed E-state index contributed by atoms with van der Waals surface area (Å²) in [5.41, 5.74) is 0. The fraction of sp³-hybridized carbons (Fsp3) is 0.250. The van der Waals surface area contributed by atoms with Gasteiger partial charge in [-0.25, -0.2) is 4.39 Å². The fourth-order valence-corrected chi connectivity index (χ4v) is 0.0802. The van der Waals surface area contributed by atoms with Crippen molar-refractivity contribution < 1.29 is 9.18 Å². The van der Waals surface area contributed by atoms with Crippen LogP contribution in [0.1, 0.15) is 0 Å². The van der Waals surface area contributed by atoms with Crippen molar-refractivity contribution in [3.63, 3.8) is 0 Å². The van der Waals surface area contributed by atoms with E-state index in [0.717, 1.165) is 0 Å². The molecule has 6 heavy (non-hydrogen) atoms. The van der Waals surface area contributed by atoms with Gasteiger partial charge in [0.15, 0.2) is 13.0 Å². The number of alkyl halides is 1. The fourth-order valence-electron chi connectivity index (χ4n) is 0.0802. The largest absolute Gasteiger partial charge is 0.289 e. The molecular weight excluding hydrogens is 82.0 g/mol. The summed E-state index contributed by atoms with van der Waals surface area (Å²) in [6, 6.07) is 0. The number of rotatable bonds is 0. The minimum Gasteiger partial charge on any atom is -0.289 e. The highest BCUT2D eigenvalue weighted by Crippen LogP contribution is 1.55. The average Bonchev–Trinajstić information content (AvgIpc) is 1.61. The van der Waals surface area contributed by atoms with Gasteiger partial charge in [-0.15, -0.1) is 0 Å². The standard InChI is InChI=1S/C4H3FO/c5-3-1-2-4-6/h4H,3H2/i5-1. The van der Waals surface area contributed by atoms with E-state index in [1.807, 2.05) is 11.8 Å². The number of carbonyl (C=O) groups is 1. The monoisotopic (exact) mass is 85.0 g/mol. The molecule has 0 N–H and O–H groups in total. The van der Waals surface area contributed by atoms with Crippen LogP contribution in [0.3, 0.4) is 0 Å². The van der Waals surface area contributed by atoms with E-state index < -0.39 is 6.67 Å². The molecule has 0 saturated carbocycles. The Bertz CT molecular complexity index is 87.5. The lowest BCUT2D eigenvalue weighted by Crippen LogP contribution is -1.62. The van der Waals surface area contributed by atoms with E-state index in [1.54, 1.807) is 0 Å². The summed E-state index contributed by atoms with van der Waals surface area (Å²) in [6.07, 6.45) is 0.361. The van der Waals surface area contributed by atoms with Crippen molar-refractivity contribution in [3.05, 3.63) is 0 Å². The third-order valence-electron chi connectivity index (χ3n) is 0.228. The summed E-state index contributed by atoms with van der Waals surface area (Å²) in [5.74, 6) is 3.81. The molecule has 0 aromatic rings. The molecule has 1 nitrogen and oxygen atoms in total. The lowest BCUT2D eigenvalue weighted by atomic mass is 10.6. The second-order valence-corrected chi connectivity index (χ2v) is 0.573. The van der Waals surface area contributed by atoms with Gasteiger partial charge in [-0.3, -0.25) is 4.79 Å². The molecule has 0 atom stereocenters. The molecule has 0 radical (unpaired) electrons. The van der Waals surface area contributed by atoms with Crippen molar-refractivity contribution in [3.8, 4) is 11.8 Å². The van der Waals surface area contributed by atoms with E-state index in [9.17, 15) is 9.18 Å². The number of halogens is 1. The van der Waals surface area contributed by atoms with Gasteiger partial charge in [0.25, 0.3) is 0 Å². The Hall–Kier alpha value is -0.840. The second kappa shape index (κ2) is 4.16. The normalized spacial score (nSPS) is 5.50. The Kier molecular flexibility index (Phi) is 3.58. The maximum atomic E-state index is 10.8. The van der Waals surface area contributed by atoms with Crippen LogP contribution in [0, 0.1) is 11.8 Å². The molecule has 0 amide bonds. The minimum absolute atomic E-state index is 0.361. The van der Waals surface area contributed by atoms with Gasteiger partial charge in [0.1, 0.15) is 0 Å². The molecule has 0 aromatic heterocycles. The van der Waals surface area contributed by atoms with Crippen LogP contribution in [-0.2, 0) is 4.79 Å². The van der Waals surface area contributed by atoms with Crippen LogP contribution in [0.2, 0.25) is 0 Å². The Morgan fingerprint density at radius 2 is 2.50 bits per heavy atom. The van der Waals surface area contributed by atoms with Crippen molar-refractivity contribution >= 4 is 6.29 Å². The van der Waals surface area contributed by atoms with Crippen molar-refractivity contribution in [1.29, 1.82) is 0 Å². The molecule has 0 heterocycles. The summed E-state index contributed by atoms with van der Waals surface area (Å²) in [4.78, 5) is 9.22. The predicted molar refractivity (Wildman–Crippen MR) is 19.8 cm³/mol. The summed E-state index contributed by atoms with van der Waals surface area (Å²) in [5, 5.41) is 0. The molecule has 2 heteroatoms.